The summed E-state index contributed by atoms with van der Waals surface area (Å²) in [5.41, 5.74) is 0.848. The number of fused-ring (bicyclic) bond motifs is 1. The van der Waals surface area contributed by atoms with Crippen molar-refractivity contribution in [2.24, 2.45) is 0 Å². The van der Waals surface area contributed by atoms with Gasteiger partial charge in [0.1, 0.15) is 0 Å². The van der Waals surface area contributed by atoms with E-state index in [1.54, 1.807) is 19.1 Å². The van der Waals surface area contributed by atoms with Gasteiger partial charge in [-0.25, -0.2) is 4.79 Å². The zero-order valence-corrected chi connectivity index (χ0v) is 10.9. The zero-order chi connectivity index (χ0) is 13.8. The second-order valence-electron chi connectivity index (χ2n) is 4.15. The van der Waals surface area contributed by atoms with E-state index in [1.165, 1.54) is 6.92 Å². The summed E-state index contributed by atoms with van der Waals surface area (Å²) in [5, 5.41) is 4.55. The van der Waals surface area contributed by atoms with Crippen LogP contribution in [0.15, 0.2) is 36.4 Å². The maximum atomic E-state index is 11.9. The van der Waals surface area contributed by atoms with Gasteiger partial charge in [-0.15, -0.1) is 0 Å². The maximum absolute atomic E-state index is 11.9. The lowest BCUT2D eigenvalue weighted by Crippen LogP contribution is -2.13. The topological polar surface area (TPSA) is 55.4 Å². The SMILES string of the molecule is CCOC(=O)c1cc2ccccc2cc1NC(C)=O. The van der Waals surface area contributed by atoms with E-state index in [0.29, 0.717) is 17.9 Å². The molecule has 0 aliphatic rings. The molecule has 0 unspecified atom stereocenters. The van der Waals surface area contributed by atoms with E-state index in [4.69, 9.17) is 4.74 Å². The van der Waals surface area contributed by atoms with Gasteiger partial charge in [-0.3, -0.25) is 4.79 Å². The van der Waals surface area contributed by atoms with Crippen LogP contribution in [-0.2, 0) is 9.53 Å². The number of hydrogen-bond donors (Lipinski definition) is 1. The molecular formula is C15H15NO3. The number of ether oxygens (including phenoxy) is 1. The van der Waals surface area contributed by atoms with Crippen LogP contribution >= 0.6 is 0 Å². The number of benzene rings is 2. The quantitative estimate of drug-likeness (QED) is 0.860. The van der Waals surface area contributed by atoms with E-state index in [9.17, 15) is 9.59 Å². The summed E-state index contributed by atoms with van der Waals surface area (Å²) in [6, 6.07) is 11.2. The third-order valence-corrected chi connectivity index (χ3v) is 2.69. The Bertz CT molecular complexity index is 634. The highest BCUT2D eigenvalue weighted by molar-refractivity contribution is 6.05. The largest absolute Gasteiger partial charge is 0.462 e. The highest BCUT2D eigenvalue weighted by atomic mass is 16.5. The average molecular weight is 257 g/mol. The van der Waals surface area contributed by atoms with Crippen LogP contribution in [0.25, 0.3) is 10.8 Å². The van der Waals surface area contributed by atoms with E-state index < -0.39 is 5.97 Å². The number of esters is 1. The zero-order valence-electron chi connectivity index (χ0n) is 10.9. The molecule has 0 aromatic heterocycles. The monoisotopic (exact) mass is 257 g/mol. The van der Waals surface area contributed by atoms with E-state index in [0.717, 1.165) is 10.8 Å². The molecule has 0 radical (unpaired) electrons. The van der Waals surface area contributed by atoms with Crippen molar-refractivity contribution in [3.05, 3.63) is 42.0 Å². The van der Waals surface area contributed by atoms with Crippen LogP contribution in [0.1, 0.15) is 24.2 Å². The van der Waals surface area contributed by atoms with Crippen LogP contribution in [0, 0.1) is 0 Å². The van der Waals surface area contributed by atoms with Gasteiger partial charge in [-0.2, -0.15) is 0 Å². The molecule has 0 fully saturated rings. The van der Waals surface area contributed by atoms with Crippen LogP contribution in [0.3, 0.4) is 0 Å². The predicted octanol–water partition coefficient (Wildman–Crippen LogP) is 2.97. The van der Waals surface area contributed by atoms with Crippen molar-refractivity contribution in [3.8, 4) is 0 Å². The van der Waals surface area contributed by atoms with Crippen molar-refractivity contribution < 1.29 is 14.3 Å². The fourth-order valence-electron chi connectivity index (χ4n) is 1.91. The first kappa shape index (κ1) is 13.1. The van der Waals surface area contributed by atoms with Gasteiger partial charge in [-0.1, -0.05) is 24.3 Å². The first-order valence-electron chi connectivity index (χ1n) is 6.09. The molecule has 0 aliphatic carbocycles. The van der Waals surface area contributed by atoms with Crippen molar-refractivity contribution in [1.29, 1.82) is 0 Å². The lowest BCUT2D eigenvalue weighted by atomic mass is 10.0. The van der Waals surface area contributed by atoms with Gasteiger partial charge in [0.15, 0.2) is 0 Å². The fraction of sp³-hybridized carbons (Fsp3) is 0.200. The van der Waals surface area contributed by atoms with Gasteiger partial charge in [0.25, 0.3) is 0 Å². The minimum atomic E-state index is -0.433. The lowest BCUT2D eigenvalue weighted by Gasteiger charge is -2.11. The second-order valence-corrected chi connectivity index (χ2v) is 4.15. The smallest absolute Gasteiger partial charge is 0.340 e. The Hall–Kier alpha value is -2.36. The molecule has 2 aromatic rings. The number of amides is 1. The van der Waals surface area contributed by atoms with Gasteiger partial charge in [0.05, 0.1) is 17.9 Å². The summed E-state index contributed by atoms with van der Waals surface area (Å²) in [6.07, 6.45) is 0. The van der Waals surface area contributed by atoms with Gasteiger partial charge in [0, 0.05) is 6.92 Å². The van der Waals surface area contributed by atoms with Crippen molar-refractivity contribution in [2.75, 3.05) is 11.9 Å². The summed E-state index contributed by atoms with van der Waals surface area (Å²) in [5.74, 6) is -0.655. The molecule has 4 nitrogen and oxygen atoms in total. The molecule has 1 N–H and O–H groups in total. The standard InChI is InChI=1S/C15H15NO3/c1-3-19-15(18)13-8-11-6-4-5-7-12(11)9-14(13)16-10(2)17/h4-9H,3H2,1-2H3,(H,16,17). The van der Waals surface area contributed by atoms with Crippen LogP contribution in [0.4, 0.5) is 5.69 Å². The molecule has 98 valence electrons. The van der Waals surface area contributed by atoms with E-state index in [-0.39, 0.29) is 5.91 Å². The number of rotatable bonds is 3. The van der Waals surface area contributed by atoms with Gasteiger partial charge < -0.3 is 10.1 Å². The van der Waals surface area contributed by atoms with Crippen LogP contribution in [0.5, 0.6) is 0 Å². The molecule has 19 heavy (non-hydrogen) atoms. The Morgan fingerprint density at radius 3 is 2.37 bits per heavy atom. The summed E-state index contributed by atoms with van der Waals surface area (Å²) in [6.45, 7) is 3.45. The normalized spacial score (nSPS) is 10.2. The molecule has 0 saturated carbocycles. The lowest BCUT2D eigenvalue weighted by molar-refractivity contribution is -0.114. The first-order chi connectivity index (χ1) is 9.11. The average Bonchev–Trinajstić information content (AvgIpc) is 2.37. The molecule has 2 rings (SSSR count). The fourth-order valence-corrected chi connectivity index (χ4v) is 1.91. The van der Waals surface area contributed by atoms with Crippen molar-refractivity contribution in [3.63, 3.8) is 0 Å². The highest BCUT2D eigenvalue weighted by Gasteiger charge is 2.14. The summed E-state index contributed by atoms with van der Waals surface area (Å²) in [4.78, 5) is 23.1. The summed E-state index contributed by atoms with van der Waals surface area (Å²) in [7, 11) is 0. The van der Waals surface area contributed by atoms with Gasteiger partial charge in [-0.05, 0) is 29.8 Å². The molecule has 4 heteroatoms. The Morgan fingerprint density at radius 2 is 1.79 bits per heavy atom. The second kappa shape index (κ2) is 5.52. The van der Waals surface area contributed by atoms with E-state index in [1.807, 2.05) is 24.3 Å². The maximum Gasteiger partial charge on any atom is 0.340 e. The summed E-state index contributed by atoms with van der Waals surface area (Å²) >= 11 is 0. The molecule has 1 amide bonds. The van der Waals surface area contributed by atoms with Crippen LogP contribution in [0.2, 0.25) is 0 Å². The molecule has 2 aromatic carbocycles. The first-order valence-corrected chi connectivity index (χ1v) is 6.09. The Labute approximate surface area is 111 Å². The molecule has 0 bridgehead atoms. The Morgan fingerprint density at radius 1 is 1.16 bits per heavy atom. The number of carbonyl (C=O) groups excluding carboxylic acids is 2. The summed E-state index contributed by atoms with van der Waals surface area (Å²) < 4.78 is 5.01. The third-order valence-electron chi connectivity index (χ3n) is 2.69. The minimum Gasteiger partial charge on any atom is -0.462 e. The molecule has 0 atom stereocenters. The van der Waals surface area contributed by atoms with Crippen LogP contribution in [-0.4, -0.2) is 18.5 Å². The van der Waals surface area contributed by atoms with Crippen molar-refractivity contribution >= 4 is 28.3 Å². The number of hydrogen-bond acceptors (Lipinski definition) is 3. The third kappa shape index (κ3) is 2.91. The van der Waals surface area contributed by atoms with Crippen LogP contribution < -0.4 is 5.32 Å². The number of nitrogens with one attached hydrogen (secondary N) is 1. The minimum absolute atomic E-state index is 0.221. The molecule has 0 aliphatic heterocycles. The number of anilines is 1. The van der Waals surface area contributed by atoms with Crippen molar-refractivity contribution in [2.45, 2.75) is 13.8 Å². The Kier molecular flexibility index (Phi) is 3.80. The molecule has 0 heterocycles. The highest BCUT2D eigenvalue weighted by Crippen LogP contribution is 2.25. The predicted molar refractivity (Wildman–Crippen MR) is 74.2 cm³/mol. The van der Waals surface area contributed by atoms with E-state index >= 15 is 0 Å². The van der Waals surface area contributed by atoms with Gasteiger partial charge >= 0.3 is 5.97 Å². The molecule has 0 saturated heterocycles. The van der Waals surface area contributed by atoms with Gasteiger partial charge in [0.2, 0.25) is 5.91 Å². The Balaban J connectivity index is 2.56. The molecular weight excluding hydrogens is 242 g/mol. The van der Waals surface area contributed by atoms with Crippen molar-refractivity contribution in [1.82, 2.24) is 0 Å². The molecule has 0 spiro atoms. The van der Waals surface area contributed by atoms with E-state index in [2.05, 4.69) is 5.32 Å². The number of carbonyl (C=O) groups is 2.